The number of hydrogen-bond acceptors (Lipinski definition) is 6. The molecule has 0 aliphatic rings. The highest BCUT2D eigenvalue weighted by Gasteiger charge is 2.22. The summed E-state index contributed by atoms with van der Waals surface area (Å²) < 4.78 is 10.2. The second-order valence-corrected chi connectivity index (χ2v) is 5.71. The number of hydrogen-bond donors (Lipinski definition) is 1. The zero-order valence-electron chi connectivity index (χ0n) is 14.3. The number of para-hydroxylation sites is 1. The summed E-state index contributed by atoms with van der Waals surface area (Å²) in [7, 11) is 0. The highest BCUT2D eigenvalue weighted by atomic mass is 16.5. The van der Waals surface area contributed by atoms with E-state index in [0.717, 1.165) is 0 Å². The van der Waals surface area contributed by atoms with Crippen molar-refractivity contribution in [1.82, 2.24) is 0 Å². The molecule has 0 aliphatic carbocycles. The molecule has 0 saturated heterocycles. The highest BCUT2D eigenvalue weighted by molar-refractivity contribution is 5.98. The summed E-state index contributed by atoms with van der Waals surface area (Å²) in [5.41, 5.74) is -0.00605. The molecule has 7 heteroatoms. The number of nitrogens with zero attached hydrogens (tertiary/aromatic N) is 1. The predicted molar refractivity (Wildman–Crippen MR) is 97.1 cm³/mol. The minimum atomic E-state index is -1.16. The number of nitrogens with one attached hydrogen (secondary N) is 1. The van der Waals surface area contributed by atoms with Crippen LogP contribution in [0.15, 0.2) is 63.8 Å². The average Bonchev–Trinajstić information content (AvgIpc) is 2.67. The number of amides is 1. The summed E-state index contributed by atoms with van der Waals surface area (Å²) >= 11 is 0. The van der Waals surface area contributed by atoms with Crippen LogP contribution < -0.4 is 10.9 Å². The van der Waals surface area contributed by atoms with Crippen molar-refractivity contribution < 1.29 is 18.7 Å². The molecule has 0 radical (unpaired) electrons. The van der Waals surface area contributed by atoms with Gasteiger partial charge >= 0.3 is 11.6 Å². The first kappa shape index (κ1) is 17.9. The van der Waals surface area contributed by atoms with Gasteiger partial charge in [-0.1, -0.05) is 24.3 Å². The Hall–Kier alpha value is -3.92. The van der Waals surface area contributed by atoms with E-state index in [1.165, 1.54) is 19.1 Å². The monoisotopic (exact) mass is 362 g/mol. The third kappa shape index (κ3) is 4.02. The third-order valence-electron chi connectivity index (χ3n) is 3.77. The van der Waals surface area contributed by atoms with Crippen LogP contribution in [-0.4, -0.2) is 18.0 Å². The van der Waals surface area contributed by atoms with Gasteiger partial charge in [-0.15, -0.1) is 0 Å². The molecule has 1 atom stereocenters. The number of benzene rings is 2. The van der Waals surface area contributed by atoms with E-state index in [4.69, 9.17) is 14.4 Å². The molecule has 3 rings (SSSR count). The number of anilines is 1. The Kier molecular flexibility index (Phi) is 4.99. The Morgan fingerprint density at radius 1 is 1.15 bits per heavy atom. The molecule has 1 heterocycles. The van der Waals surface area contributed by atoms with Crippen LogP contribution in [-0.2, 0) is 9.53 Å². The van der Waals surface area contributed by atoms with Crippen molar-refractivity contribution in [2.24, 2.45) is 0 Å². The largest absolute Gasteiger partial charge is 0.449 e. The number of nitriles is 1. The number of carbonyl (C=O) groups is 2. The van der Waals surface area contributed by atoms with Crippen LogP contribution in [0.2, 0.25) is 0 Å². The van der Waals surface area contributed by atoms with Gasteiger partial charge in [0.2, 0.25) is 0 Å². The molecule has 27 heavy (non-hydrogen) atoms. The van der Waals surface area contributed by atoms with Crippen LogP contribution in [0.4, 0.5) is 5.69 Å². The van der Waals surface area contributed by atoms with E-state index in [0.29, 0.717) is 22.2 Å². The molecule has 134 valence electrons. The second-order valence-electron chi connectivity index (χ2n) is 5.71. The predicted octanol–water partition coefficient (Wildman–Crippen LogP) is 2.85. The van der Waals surface area contributed by atoms with E-state index in [9.17, 15) is 14.4 Å². The molecule has 2 aromatic carbocycles. The second kappa shape index (κ2) is 7.54. The molecular formula is C20H14N2O5. The van der Waals surface area contributed by atoms with Gasteiger partial charge in [-0.05, 0) is 37.3 Å². The van der Waals surface area contributed by atoms with Gasteiger partial charge in [-0.3, -0.25) is 4.79 Å². The van der Waals surface area contributed by atoms with Gasteiger partial charge in [-0.2, -0.15) is 5.26 Å². The van der Waals surface area contributed by atoms with Crippen molar-refractivity contribution in [3.8, 4) is 6.07 Å². The van der Waals surface area contributed by atoms with E-state index >= 15 is 0 Å². The number of ether oxygens (including phenoxy) is 1. The average molecular weight is 362 g/mol. The fourth-order valence-electron chi connectivity index (χ4n) is 2.39. The lowest BCUT2D eigenvalue weighted by Crippen LogP contribution is -2.31. The summed E-state index contributed by atoms with van der Waals surface area (Å²) in [4.78, 5) is 36.5. The van der Waals surface area contributed by atoms with Crippen LogP contribution in [0.5, 0.6) is 0 Å². The van der Waals surface area contributed by atoms with E-state index in [-0.39, 0.29) is 5.56 Å². The Morgan fingerprint density at radius 2 is 1.93 bits per heavy atom. The van der Waals surface area contributed by atoms with Crippen molar-refractivity contribution in [3.05, 3.63) is 76.1 Å². The van der Waals surface area contributed by atoms with Crippen LogP contribution in [0.1, 0.15) is 22.8 Å². The minimum absolute atomic E-state index is 0.292. The lowest BCUT2D eigenvalue weighted by molar-refractivity contribution is -0.123. The molecular weight excluding hydrogens is 348 g/mol. The first-order chi connectivity index (χ1) is 13.0. The fraction of sp³-hybridized carbons (Fsp3) is 0.100. The normalized spacial score (nSPS) is 11.4. The molecule has 0 spiro atoms. The number of carbonyl (C=O) groups excluding carboxylic acids is 2. The Bertz CT molecular complexity index is 1130. The van der Waals surface area contributed by atoms with Gasteiger partial charge < -0.3 is 14.5 Å². The maximum Gasteiger partial charge on any atom is 0.351 e. The minimum Gasteiger partial charge on any atom is -0.449 e. The van der Waals surface area contributed by atoms with Crippen LogP contribution in [0, 0.1) is 11.3 Å². The van der Waals surface area contributed by atoms with Crippen molar-refractivity contribution in [2.45, 2.75) is 13.0 Å². The lowest BCUT2D eigenvalue weighted by Gasteiger charge is -2.13. The smallest absolute Gasteiger partial charge is 0.351 e. The zero-order valence-corrected chi connectivity index (χ0v) is 14.3. The lowest BCUT2D eigenvalue weighted by atomic mass is 10.2. The Morgan fingerprint density at radius 3 is 2.70 bits per heavy atom. The first-order valence-electron chi connectivity index (χ1n) is 8.03. The molecule has 0 fully saturated rings. The van der Waals surface area contributed by atoms with Gasteiger partial charge in [-0.25, -0.2) is 9.59 Å². The highest BCUT2D eigenvalue weighted by Crippen LogP contribution is 2.14. The topological polar surface area (TPSA) is 109 Å². The van der Waals surface area contributed by atoms with Crippen molar-refractivity contribution in [3.63, 3.8) is 0 Å². The molecule has 1 N–H and O–H groups in total. The third-order valence-corrected chi connectivity index (χ3v) is 3.77. The number of rotatable bonds is 4. The van der Waals surface area contributed by atoms with Gasteiger partial charge in [0.05, 0.1) is 11.6 Å². The quantitative estimate of drug-likeness (QED) is 0.564. The maximum atomic E-state index is 12.3. The molecule has 1 aromatic heterocycles. The summed E-state index contributed by atoms with van der Waals surface area (Å²) in [6.07, 6.45) is -1.16. The van der Waals surface area contributed by atoms with Gasteiger partial charge in [0.15, 0.2) is 6.10 Å². The van der Waals surface area contributed by atoms with E-state index in [2.05, 4.69) is 5.32 Å². The summed E-state index contributed by atoms with van der Waals surface area (Å²) in [6.45, 7) is 1.38. The molecule has 0 bridgehead atoms. The Balaban J connectivity index is 1.73. The van der Waals surface area contributed by atoms with E-state index in [1.807, 2.05) is 6.07 Å². The summed E-state index contributed by atoms with van der Waals surface area (Å²) in [6, 6.07) is 16.4. The van der Waals surface area contributed by atoms with Crippen molar-refractivity contribution in [1.29, 1.82) is 5.26 Å². The van der Waals surface area contributed by atoms with Crippen LogP contribution >= 0.6 is 0 Å². The van der Waals surface area contributed by atoms with Gasteiger partial charge in [0.25, 0.3) is 5.91 Å². The van der Waals surface area contributed by atoms with Crippen molar-refractivity contribution in [2.75, 3.05) is 5.32 Å². The van der Waals surface area contributed by atoms with Crippen molar-refractivity contribution >= 4 is 28.5 Å². The maximum absolute atomic E-state index is 12.3. The summed E-state index contributed by atoms with van der Waals surface area (Å²) in [5.74, 6) is -1.55. The van der Waals surface area contributed by atoms with Gasteiger partial charge in [0, 0.05) is 11.1 Å². The molecule has 0 aliphatic heterocycles. The van der Waals surface area contributed by atoms with Crippen LogP contribution in [0.3, 0.4) is 0 Å². The zero-order chi connectivity index (χ0) is 19.4. The van der Waals surface area contributed by atoms with E-state index in [1.54, 1.807) is 42.5 Å². The standard InChI is InChI=1S/C20H14N2O5/c1-12(18(23)22-15-7-4-5-13(9-15)11-21)26-19(24)16-10-14-6-2-3-8-17(14)27-20(16)25/h2-10,12H,1H3,(H,22,23). The SMILES string of the molecule is CC(OC(=O)c1cc2ccccc2oc1=O)C(=O)Nc1cccc(C#N)c1. The fourth-order valence-corrected chi connectivity index (χ4v) is 2.39. The Labute approximate surface area is 153 Å². The molecule has 0 saturated carbocycles. The molecule has 7 nitrogen and oxygen atoms in total. The molecule has 1 unspecified atom stereocenters. The van der Waals surface area contributed by atoms with Gasteiger partial charge in [0.1, 0.15) is 11.1 Å². The van der Waals surface area contributed by atoms with Crippen LogP contribution in [0.25, 0.3) is 11.0 Å². The number of fused-ring (bicyclic) bond motifs is 1. The summed E-state index contributed by atoms with van der Waals surface area (Å²) in [5, 5.41) is 12.0. The molecule has 1 amide bonds. The molecule has 3 aromatic rings. The van der Waals surface area contributed by atoms with E-state index < -0.39 is 23.6 Å². The number of esters is 1. The first-order valence-corrected chi connectivity index (χ1v) is 8.03.